The van der Waals surface area contributed by atoms with Crippen LogP contribution >= 0.6 is 0 Å². The SMILES string of the molecule is COC(=O)c1cc(C)ccc1Nc1cccc(F)c1. The van der Waals surface area contributed by atoms with Gasteiger partial charge in [-0.25, -0.2) is 9.18 Å². The third-order valence-electron chi connectivity index (χ3n) is 2.68. The van der Waals surface area contributed by atoms with Crippen LogP contribution < -0.4 is 5.32 Å². The van der Waals surface area contributed by atoms with E-state index >= 15 is 0 Å². The highest BCUT2D eigenvalue weighted by Gasteiger charge is 2.12. The molecule has 0 spiro atoms. The van der Waals surface area contributed by atoms with E-state index in [1.807, 2.05) is 13.0 Å². The van der Waals surface area contributed by atoms with Crippen LogP contribution in [0.1, 0.15) is 15.9 Å². The second-order valence-electron chi connectivity index (χ2n) is 4.18. The number of methoxy groups -OCH3 is 1. The number of benzene rings is 2. The van der Waals surface area contributed by atoms with Gasteiger partial charge in [-0.3, -0.25) is 0 Å². The van der Waals surface area contributed by atoms with Crippen molar-refractivity contribution < 1.29 is 13.9 Å². The van der Waals surface area contributed by atoms with Gasteiger partial charge in [0.15, 0.2) is 0 Å². The summed E-state index contributed by atoms with van der Waals surface area (Å²) in [5, 5.41) is 3.01. The van der Waals surface area contributed by atoms with Crippen LogP contribution in [0.3, 0.4) is 0 Å². The lowest BCUT2D eigenvalue weighted by Gasteiger charge is -2.11. The Labute approximate surface area is 111 Å². The van der Waals surface area contributed by atoms with Gasteiger partial charge in [-0.1, -0.05) is 17.7 Å². The van der Waals surface area contributed by atoms with Crippen LogP contribution in [-0.2, 0) is 4.74 Å². The van der Waals surface area contributed by atoms with E-state index in [0.717, 1.165) is 5.56 Å². The van der Waals surface area contributed by atoms with E-state index in [9.17, 15) is 9.18 Å². The summed E-state index contributed by atoms with van der Waals surface area (Å²) >= 11 is 0. The van der Waals surface area contributed by atoms with E-state index in [0.29, 0.717) is 16.9 Å². The molecule has 2 aromatic carbocycles. The van der Waals surface area contributed by atoms with Gasteiger partial charge in [0, 0.05) is 5.69 Å². The molecule has 0 unspecified atom stereocenters. The van der Waals surface area contributed by atoms with Gasteiger partial charge in [-0.2, -0.15) is 0 Å². The van der Waals surface area contributed by atoms with Gasteiger partial charge in [0.1, 0.15) is 5.82 Å². The monoisotopic (exact) mass is 259 g/mol. The number of ether oxygens (including phenoxy) is 1. The summed E-state index contributed by atoms with van der Waals surface area (Å²) in [7, 11) is 1.33. The molecule has 0 aliphatic rings. The van der Waals surface area contributed by atoms with E-state index < -0.39 is 5.97 Å². The highest BCUT2D eigenvalue weighted by atomic mass is 19.1. The average Bonchev–Trinajstić information content (AvgIpc) is 2.40. The summed E-state index contributed by atoms with van der Waals surface area (Å²) in [4.78, 5) is 11.7. The molecule has 0 aliphatic heterocycles. The Hall–Kier alpha value is -2.36. The van der Waals surface area contributed by atoms with Crippen LogP contribution in [0, 0.1) is 12.7 Å². The van der Waals surface area contributed by atoms with Gasteiger partial charge in [0.05, 0.1) is 18.4 Å². The summed E-state index contributed by atoms with van der Waals surface area (Å²) in [6, 6.07) is 11.4. The van der Waals surface area contributed by atoms with E-state index in [1.54, 1.807) is 24.3 Å². The van der Waals surface area contributed by atoms with Crippen molar-refractivity contribution in [2.75, 3.05) is 12.4 Å². The molecule has 0 bridgehead atoms. The molecular weight excluding hydrogens is 245 g/mol. The number of carbonyl (C=O) groups excluding carboxylic acids is 1. The largest absolute Gasteiger partial charge is 0.465 e. The van der Waals surface area contributed by atoms with Crippen LogP contribution in [-0.4, -0.2) is 13.1 Å². The zero-order valence-corrected chi connectivity index (χ0v) is 10.7. The molecule has 19 heavy (non-hydrogen) atoms. The minimum Gasteiger partial charge on any atom is -0.465 e. The van der Waals surface area contributed by atoms with E-state index in [1.165, 1.54) is 19.2 Å². The third kappa shape index (κ3) is 3.10. The van der Waals surface area contributed by atoms with Crippen LogP contribution in [0.2, 0.25) is 0 Å². The molecule has 0 aliphatic carbocycles. The van der Waals surface area contributed by atoms with Crippen molar-refractivity contribution in [1.29, 1.82) is 0 Å². The molecule has 0 fully saturated rings. The first kappa shape index (κ1) is 13.1. The molecule has 0 saturated carbocycles. The molecule has 0 atom stereocenters. The minimum atomic E-state index is -0.428. The second kappa shape index (κ2) is 5.52. The van der Waals surface area contributed by atoms with Gasteiger partial charge in [0.25, 0.3) is 0 Å². The van der Waals surface area contributed by atoms with Gasteiger partial charge in [0.2, 0.25) is 0 Å². The highest BCUT2D eigenvalue weighted by Crippen LogP contribution is 2.23. The zero-order chi connectivity index (χ0) is 13.8. The smallest absolute Gasteiger partial charge is 0.339 e. The first-order valence-electron chi connectivity index (χ1n) is 5.81. The van der Waals surface area contributed by atoms with E-state index in [2.05, 4.69) is 5.32 Å². The lowest BCUT2D eigenvalue weighted by atomic mass is 10.1. The molecule has 0 amide bonds. The lowest BCUT2D eigenvalue weighted by molar-refractivity contribution is 0.0602. The predicted octanol–water partition coefficient (Wildman–Crippen LogP) is 3.66. The fraction of sp³-hybridized carbons (Fsp3) is 0.133. The summed E-state index contributed by atoms with van der Waals surface area (Å²) in [6.07, 6.45) is 0. The van der Waals surface area contributed by atoms with Gasteiger partial charge in [-0.05, 0) is 37.3 Å². The Morgan fingerprint density at radius 2 is 2.00 bits per heavy atom. The number of esters is 1. The van der Waals surface area contributed by atoms with Gasteiger partial charge >= 0.3 is 5.97 Å². The molecule has 98 valence electrons. The zero-order valence-electron chi connectivity index (χ0n) is 10.7. The Balaban J connectivity index is 2.37. The maximum Gasteiger partial charge on any atom is 0.339 e. The summed E-state index contributed by atoms with van der Waals surface area (Å²) in [6.45, 7) is 1.89. The van der Waals surface area contributed by atoms with Crippen molar-refractivity contribution in [2.45, 2.75) is 6.92 Å². The molecule has 4 heteroatoms. The standard InChI is InChI=1S/C15H14FNO2/c1-10-6-7-14(13(8-10)15(18)19-2)17-12-5-3-4-11(16)9-12/h3-9,17H,1-2H3. The molecular formula is C15H14FNO2. The van der Waals surface area contributed by atoms with Crippen LogP contribution in [0.5, 0.6) is 0 Å². The average molecular weight is 259 g/mol. The van der Waals surface area contributed by atoms with Crippen LogP contribution in [0.25, 0.3) is 0 Å². The van der Waals surface area contributed by atoms with Crippen LogP contribution in [0.15, 0.2) is 42.5 Å². The number of anilines is 2. The molecule has 0 radical (unpaired) electrons. The summed E-state index contributed by atoms with van der Waals surface area (Å²) in [5.41, 5.74) is 2.54. The van der Waals surface area contributed by atoms with Gasteiger partial charge in [-0.15, -0.1) is 0 Å². The molecule has 0 saturated heterocycles. The fourth-order valence-electron chi connectivity index (χ4n) is 1.77. The number of nitrogens with one attached hydrogen (secondary N) is 1. The van der Waals surface area contributed by atoms with Crippen molar-refractivity contribution in [1.82, 2.24) is 0 Å². The topological polar surface area (TPSA) is 38.3 Å². The van der Waals surface area contributed by atoms with Crippen molar-refractivity contribution in [2.24, 2.45) is 0 Å². The Bertz CT molecular complexity index is 611. The molecule has 3 nitrogen and oxygen atoms in total. The summed E-state index contributed by atoms with van der Waals surface area (Å²) < 4.78 is 17.9. The normalized spacial score (nSPS) is 10.1. The number of hydrogen-bond acceptors (Lipinski definition) is 3. The van der Waals surface area contributed by atoms with Crippen molar-refractivity contribution in [3.05, 3.63) is 59.4 Å². The number of halogens is 1. The van der Waals surface area contributed by atoms with Gasteiger partial charge < -0.3 is 10.1 Å². The number of aryl methyl sites for hydroxylation is 1. The van der Waals surface area contributed by atoms with Crippen molar-refractivity contribution in [3.63, 3.8) is 0 Å². The summed E-state index contributed by atoms with van der Waals surface area (Å²) in [5.74, 6) is -0.765. The molecule has 0 heterocycles. The van der Waals surface area contributed by atoms with Crippen molar-refractivity contribution >= 4 is 17.3 Å². The quantitative estimate of drug-likeness (QED) is 0.855. The molecule has 2 rings (SSSR count). The second-order valence-corrected chi connectivity index (χ2v) is 4.18. The minimum absolute atomic E-state index is 0.336. The maximum atomic E-state index is 13.1. The van der Waals surface area contributed by atoms with E-state index in [4.69, 9.17) is 4.74 Å². The number of carbonyl (C=O) groups is 1. The number of hydrogen-bond donors (Lipinski definition) is 1. The molecule has 2 aromatic rings. The van der Waals surface area contributed by atoms with Crippen molar-refractivity contribution in [3.8, 4) is 0 Å². The lowest BCUT2D eigenvalue weighted by Crippen LogP contribution is -2.06. The Kier molecular flexibility index (Phi) is 3.80. The Morgan fingerprint density at radius 1 is 1.21 bits per heavy atom. The Morgan fingerprint density at radius 3 is 2.68 bits per heavy atom. The first-order valence-corrected chi connectivity index (χ1v) is 5.81. The first-order chi connectivity index (χ1) is 9.10. The predicted molar refractivity (Wildman–Crippen MR) is 72.2 cm³/mol. The third-order valence-corrected chi connectivity index (χ3v) is 2.68. The maximum absolute atomic E-state index is 13.1. The van der Waals surface area contributed by atoms with Crippen LogP contribution in [0.4, 0.5) is 15.8 Å². The fourth-order valence-corrected chi connectivity index (χ4v) is 1.77. The number of rotatable bonds is 3. The highest BCUT2D eigenvalue weighted by molar-refractivity contribution is 5.96. The molecule has 0 aromatic heterocycles. The molecule has 1 N–H and O–H groups in total. The van der Waals surface area contributed by atoms with E-state index in [-0.39, 0.29) is 5.82 Å².